The fraction of sp³-hybridized carbons (Fsp3) is 0.619. The minimum Gasteiger partial charge on any atom is -0.357 e. The number of aliphatic imine (C=N–C) groups is 1. The zero-order valence-corrected chi connectivity index (χ0v) is 20.0. The maximum atomic E-state index is 11.8. The lowest BCUT2D eigenvalue weighted by molar-refractivity contribution is -0.117. The molecule has 1 aromatic carbocycles. The first-order valence-corrected chi connectivity index (χ1v) is 10.2. The molecular formula is C21H36IN5O. The number of rotatable bonds is 9. The second-order valence-corrected chi connectivity index (χ2v) is 7.16. The Balaban J connectivity index is 0.00000392. The quantitative estimate of drug-likeness (QED) is 0.310. The number of anilines is 1. The van der Waals surface area contributed by atoms with Crippen molar-refractivity contribution in [3.05, 3.63) is 29.8 Å². The van der Waals surface area contributed by atoms with Gasteiger partial charge in [0.05, 0.1) is 6.54 Å². The third-order valence-electron chi connectivity index (χ3n) is 4.91. The molecule has 1 aliphatic rings. The molecular weight excluding hydrogens is 465 g/mol. The highest BCUT2D eigenvalue weighted by atomic mass is 127. The minimum absolute atomic E-state index is 0. The van der Waals surface area contributed by atoms with Crippen LogP contribution in [0.2, 0.25) is 0 Å². The number of hydrogen-bond donors (Lipinski definition) is 2. The van der Waals surface area contributed by atoms with Crippen molar-refractivity contribution in [2.45, 2.75) is 53.1 Å². The lowest BCUT2D eigenvalue weighted by atomic mass is 10.2. The second kappa shape index (κ2) is 13.0. The Morgan fingerprint density at radius 2 is 1.93 bits per heavy atom. The molecule has 0 aromatic heterocycles. The number of nitrogens with zero attached hydrogens (tertiary/aromatic N) is 3. The molecule has 0 spiro atoms. The summed E-state index contributed by atoms with van der Waals surface area (Å²) in [6, 6.07) is 8.72. The third-order valence-corrected chi connectivity index (χ3v) is 4.91. The molecule has 158 valence electrons. The van der Waals surface area contributed by atoms with Crippen molar-refractivity contribution in [3.63, 3.8) is 0 Å². The van der Waals surface area contributed by atoms with Gasteiger partial charge in [-0.3, -0.25) is 9.69 Å². The Morgan fingerprint density at radius 1 is 1.21 bits per heavy atom. The van der Waals surface area contributed by atoms with Gasteiger partial charge in [-0.05, 0) is 51.4 Å². The molecule has 7 heteroatoms. The van der Waals surface area contributed by atoms with Gasteiger partial charge in [0.25, 0.3) is 0 Å². The fourth-order valence-electron chi connectivity index (χ4n) is 3.31. The van der Waals surface area contributed by atoms with E-state index in [2.05, 4.69) is 60.4 Å². The van der Waals surface area contributed by atoms with Crippen LogP contribution in [-0.2, 0) is 11.3 Å². The Morgan fingerprint density at radius 3 is 2.46 bits per heavy atom. The van der Waals surface area contributed by atoms with Crippen LogP contribution in [0.5, 0.6) is 0 Å². The SMILES string of the molecule is CCNC(=NCc1ccc(N2CCCC2=O)cc1)NCCN(CC)C(C)C.I. The predicted molar refractivity (Wildman–Crippen MR) is 129 cm³/mol. The van der Waals surface area contributed by atoms with Crippen LogP contribution in [-0.4, -0.2) is 55.5 Å². The highest BCUT2D eigenvalue weighted by Crippen LogP contribution is 2.21. The van der Waals surface area contributed by atoms with Crippen LogP contribution < -0.4 is 15.5 Å². The van der Waals surface area contributed by atoms with E-state index in [-0.39, 0.29) is 29.9 Å². The number of likely N-dealkylation sites (N-methyl/N-ethyl adjacent to an activating group) is 1. The standard InChI is InChI=1S/C21H35N5O.HI/c1-5-22-21(23-13-15-25(6-2)17(3)4)24-16-18-9-11-19(12-10-18)26-14-7-8-20(26)27;/h9-12,17H,5-8,13-16H2,1-4H3,(H2,22,23,24);1H. The van der Waals surface area contributed by atoms with E-state index in [0.29, 0.717) is 19.0 Å². The molecule has 1 heterocycles. The van der Waals surface area contributed by atoms with Gasteiger partial charge in [0, 0.05) is 44.3 Å². The number of nitrogens with one attached hydrogen (secondary N) is 2. The van der Waals surface area contributed by atoms with Gasteiger partial charge in [0.2, 0.25) is 5.91 Å². The van der Waals surface area contributed by atoms with Crippen LogP contribution >= 0.6 is 24.0 Å². The monoisotopic (exact) mass is 501 g/mol. The first kappa shape index (κ1) is 24.7. The third kappa shape index (κ3) is 7.58. The van der Waals surface area contributed by atoms with Gasteiger partial charge in [0.15, 0.2) is 5.96 Å². The van der Waals surface area contributed by atoms with Gasteiger partial charge in [-0.1, -0.05) is 19.1 Å². The maximum absolute atomic E-state index is 11.8. The Hall–Kier alpha value is -1.35. The van der Waals surface area contributed by atoms with E-state index < -0.39 is 0 Å². The van der Waals surface area contributed by atoms with E-state index in [0.717, 1.165) is 56.4 Å². The van der Waals surface area contributed by atoms with Crippen LogP contribution in [0.1, 0.15) is 46.1 Å². The van der Waals surface area contributed by atoms with Crippen LogP contribution in [0.15, 0.2) is 29.3 Å². The number of guanidine groups is 1. The summed E-state index contributed by atoms with van der Waals surface area (Å²) in [5.74, 6) is 1.07. The van der Waals surface area contributed by atoms with Crippen LogP contribution in [0.4, 0.5) is 5.69 Å². The average molecular weight is 501 g/mol. The smallest absolute Gasteiger partial charge is 0.227 e. The largest absolute Gasteiger partial charge is 0.357 e. The lowest BCUT2D eigenvalue weighted by Crippen LogP contribution is -2.43. The molecule has 0 saturated carbocycles. The molecule has 1 aliphatic heterocycles. The second-order valence-electron chi connectivity index (χ2n) is 7.16. The Labute approximate surface area is 187 Å². The number of halogens is 1. The molecule has 6 nitrogen and oxygen atoms in total. The molecule has 1 amide bonds. The molecule has 0 unspecified atom stereocenters. The zero-order valence-electron chi connectivity index (χ0n) is 17.7. The minimum atomic E-state index is 0. The number of benzene rings is 1. The number of carbonyl (C=O) groups excluding carboxylic acids is 1. The summed E-state index contributed by atoms with van der Waals surface area (Å²) in [5, 5.41) is 6.72. The van der Waals surface area contributed by atoms with E-state index in [4.69, 9.17) is 0 Å². The van der Waals surface area contributed by atoms with Gasteiger partial charge in [0.1, 0.15) is 0 Å². The lowest BCUT2D eigenvalue weighted by Gasteiger charge is -2.25. The molecule has 28 heavy (non-hydrogen) atoms. The molecule has 0 aliphatic carbocycles. The van der Waals surface area contributed by atoms with E-state index in [1.165, 1.54) is 0 Å². The molecule has 1 saturated heterocycles. The summed E-state index contributed by atoms with van der Waals surface area (Å²) < 4.78 is 0. The van der Waals surface area contributed by atoms with Crippen LogP contribution in [0, 0.1) is 0 Å². The molecule has 1 fully saturated rings. The Bertz CT molecular complexity index is 618. The number of carbonyl (C=O) groups is 1. The maximum Gasteiger partial charge on any atom is 0.227 e. The summed E-state index contributed by atoms with van der Waals surface area (Å²) in [7, 11) is 0. The molecule has 1 aromatic rings. The van der Waals surface area contributed by atoms with Gasteiger partial charge in [-0.2, -0.15) is 0 Å². The van der Waals surface area contributed by atoms with Gasteiger partial charge in [-0.15, -0.1) is 24.0 Å². The summed E-state index contributed by atoms with van der Waals surface area (Å²) >= 11 is 0. The molecule has 2 N–H and O–H groups in total. The predicted octanol–water partition coefficient (Wildman–Crippen LogP) is 3.22. The summed E-state index contributed by atoms with van der Waals surface area (Å²) in [6.07, 6.45) is 1.62. The average Bonchev–Trinajstić information content (AvgIpc) is 3.09. The summed E-state index contributed by atoms with van der Waals surface area (Å²) in [6.45, 7) is 13.9. The van der Waals surface area contributed by atoms with Crippen molar-refractivity contribution in [1.29, 1.82) is 0 Å². The van der Waals surface area contributed by atoms with Crippen molar-refractivity contribution in [3.8, 4) is 0 Å². The highest BCUT2D eigenvalue weighted by molar-refractivity contribution is 14.0. The normalized spacial score (nSPS) is 14.6. The van der Waals surface area contributed by atoms with Crippen LogP contribution in [0.3, 0.4) is 0 Å². The van der Waals surface area contributed by atoms with Gasteiger partial charge >= 0.3 is 0 Å². The zero-order chi connectivity index (χ0) is 19.6. The van der Waals surface area contributed by atoms with E-state index in [9.17, 15) is 4.79 Å². The molecule has 0 atom stereocenters. The van der Waals surface area contributed by atoms with Crippen molar-refractivity contribution in [2.24, 2.45) is 4.99 Å². The fourth-order valence-corrected chi connectivity index (χ4v) is 3.31. The molecule has 0 bridgehead atoms. The first-order valence-electron chi connectivity index (χ1n) is 10.2. The van der Waals surface area contributed by atoms with E-state index >= 15 is 0 Å². The highest BCUT2D eigenvalue weighted by Gasteiger charge is 2.21. The van der Waals surface area contributed by atoms with Crippen molar-refractivity contribution in [1.82, 2.24) is 15.5 Å². The van der Waals surface area contributed by atoms with Gasteiger partial charge in [-0.25, -0.2) is 4.99 Å². The topological polar surface area (TPSA) is 60.0 Å². The van der Waals surface area contributed by atoms with Crippen molar-refractivity contribution in [2.75, 3.05) is 37.6 Å². The van der Waals surface area contributed by atoms with Crippen molar-refractivity contribution < 1.29 is 4.79 Å². The van der Waals surface area contributed by atoms with Crippen molar-refractivity contribution >= 4 is 41.5 Å². The van der Waals surface area contributed by atoms with Crippen LogP contribution in [0.25, 0.3) is 0 Å². The van der Waals surface area contributed by atoms with Gasteiger partial charge < -0.3 is 15.5 Å². The molecule has 2 rings (SSSR count). The summed E-state index contributed by atoms with van der Waals surface area (Å²) in [5.41, 5.74) is 2.13. The Kier molecular flexibility index (Phi) is 11.4. The first-order chi connectivity index (χ1) is 13.0. The number of hydrogen-bond acceptors (Lipinski definition) is 3. The molecule has 0 radical (unpaired) electrons. The van der Waals surface area contributed by atoms with E-state index in [1.807, 2.05) is 17.0 Å². The number of amides is 1. The summed E-state index contributed by atoms with van der Waals surface area (Å²) in [4.78, 5) is 20.8. The van der Waals surface area contributed by atoms with E-state index in [1.54, 1.807) is 0 Å².